The Morgan fingerprint density at radius 3 is 2.82 bits per heavy atom. The van der Waals surface area contributed by atoms with Crippen molar-refractivity contribution in [3.63, 3.8) is 0 Å². The molecular formula is C14H10ClNO. The fourth-order valence-corrected chi connectivity index (χ4v) is 1.96. The number of aromatic nitrogens is 1. The van der Waals surface area contributed by atoms with Crippen molar-refractivity contribution in [1.82, 2.24) is 4.98 Å². The molecule has 0 unspecified atom stereocenters. The number of halogens is 1. The number of aryl methyl sites for hydroxylation is 1. The molecule has 3 heteroatoms. The molecule has 1 aromatic heterocycles. The van der Waals surface area contributed by atoms with Gasteiger partial charge in [-0.05, 0) is 31.2 Å². The Hall–Kier alpha value is -1.80. The average molecular weight is 244 g/mol. The van der Waals surface area contributed by atoms with Gasteiger partial charge in [0.05, 0.1) is 0 Å². The van der Waals surface area contributed by atoms with Gasteiger partial charge in [0, 0.05) is 16.7 Å². The first kappa shape index (κ1) is 10.4. The maximum atomic E-state index is 5.91. The van der Waals surface area contributed by atoms with E-state index >= 15 is 0 Å². The lowest BCUT2D eigenvalue weighted by molar-refractivity contribution is 0.620. The summed E-state index contributed by atoms with van der Waals surface area (Å²) in [6, 6.07) is 13.5. The topological polar surface area (TPSA) is 26.0 Å². The summed E-state index contributed by atoms with van der Waals surface area (Å²) >= 11 is 5.91. The molecule has 84 valence electrons. The molecule has 0 aliphatic rings. The zero-order valence-corrected chi connectivity index (χ0v) is 10.0. The first-order chi connectivity index (χ1) is 8.22. The van der Waals surface area contributed by atoms with Gasteiger partial charge in [0.25, 0.3) is 0 Å². The summed E-state index contributed by atoms with van der Waals surface area (Å²) in [7, 11) is 0. The lowest BCUT2D eigenvalue weighted by Gasteiger charge is -1.95. The Kier molecular flexibility index (Phi) is 2.37. The van der Waals surface area contributed by atoms with Crippen molar-refractivity contribution in [2.75, 3.05) is 0 Å². The van der Waals surface area contributed by atoms with Crippen LogP contribution < -0.4 is 0 Å². The van der Waals surface area contributed by atoms with Gasteiger partial charge in [0.2, 0.25) is 5.89 Å². The fraction of sp³-hybridized carbons (Fsp3) is 0.0714. The molecule has 2 nitrogen and oxygen atoms in total. The van der Waals surface area contributed by atoms with Crippen LogP contribution in [0.1, 0.15) is 5.56 Å². The maximum absolute atomic E-state index is 5.91. The second-order valence-corrected chi connectivity index (χ2v) is 4.44. The van der Waals surface area contributed by atoms with Crippen LogP contribution in [-0.4, -0.2) is 4.98 Å². The maximum Gasteiger partial charge on any atom is 0.227 e. The largest absolute Gasteiger partial charge is 0.436 e. The van der Waals surface area contributed by atoms with Crippen LogP contribution in [0.4, 0.5) is 0 Å². The third kappa shape index (κ3) is 1.92. The molecular weight excluding hydrogens is 234 g/mol. The van der Waals surface area contributed by atoms with E-state index in [1.54, 1.807) is 6.07 Å². The van der Waals surface area contributed by atoms with E-state index in [9.17, 15) is 0 Å². The standard InChI is InChI=1S/C14H10ClNO/c1-9-3-2-4-10(7-9)14-16-12-6-5-11(15)8-13(12)17-14/h2-8H,1H3. The smallest absolute Gasteiger partial charge is 0.227 e. The Labute approximate surface area is 104 Å². The number of nitrogens with zero attached hydrogens (tertiary/aromatic N) is 1. The summed E-state index contributed by atoms with van der Waals surface area (Å²) in [5, 5.41) is 0.657. The van der Waals surface area contributed by atoms with Crippen molar-refractivity contribution >= 4 is 22.7 Å². The minimum absolute atomic E-state index is 0.631. The fourth-order valence-electron chi connectivity index (χ4n) is 1.80. The minimum atomic E-state index is 0.631. The zero-order valence-electron chi connectivity index (χ0n) is 9.27. The van der Waals surface area contributed by atoms with Gasteiger partial charge in [0.15, 0.2) is 5.58 Å². The molecule has 0 fully saturated rings. The molecule has 17 heavy (non-hydrogen) atoms. The molecule has 0 bridgehead atoms. The highest BCUT2D eigenvalue weighted by atomic mass is 35.5. The van der Waals surface area contributed by atoms with Crippen LogP contribution in [0, 0.1) is 6.92 Å². The summed E-state index contributed by atoms with van der Waals surface area (Å²) < 4.78 is 5.69. The number of rotatable bonds is 1. The van der Waals surface area contributed by atoms with E-state index in [2.05, 4.69) is 4.98 Å². The van der Waals surface area contributed by atoms with Crippen molar-refractivity contribution < 1.29 is 4.42 Å². The van der Waals surface area contributed by atoms with Crippen LogP contribution in [0.15, 0.2) is 46.9 Å². The first-order valence-electron chi connectivity index (χ1n) is 5.35. The molecule has 0 saturated carbocycles. The number of fused-ring (bicyclic) bond motifs is 1. The van der Waals surface area contributed by atoms with Gasteiger partial charge in [0.1, 0.15) is 5.52 Å². The zero-order chi connectivity index (χ0) is 11.8. The molecule has 0 saturated heterocycles. The molecule has 0 N–H and O–H groups in total. The normalized spacial score (nSPS) is 10.9. The van der Waals surface area contributed by atoms with E-state index in [0.29, 0.717) is 16.5 Å². The molecule has 3 aromatic rings. The summed E-state index contributed by atoms with van der Waals surface area (Å²) in [6.07, 6.45) is 0. The summed E-state index contributed by atoms with van der Waals surface area (Å²) in [6.45, 7) is 2.04. The van der Waals surface area contributed by atoms with Gasteiger partial charge < -0.3 is 4.42 Å². The molecule has 0 radical (unpaired) electrons. The first-order valence-corrected chi connectivity index (χ1v) is 5.73. The van der Waals surface area contributed by atoms with E-state index in [1.807, 2.05) is 43.3 Å². The number of hydrogen-bond donors (Lipinski definition) is 0. The summed E-state index contributed by atoms with van der Waals surface area (Å²) in [5.41, 5.74) is 3.71. The van der Waals surface area contributed by atoms with Crippen LogP contribution in [0.5, 0.6) is 0 Å². The third-order valence-electron chi connectivity index (χ3n) is 2.62. The van der Waals surface area contributed by atoms with Crippen molar-refractivity contribution in [2.45, 2.75) is 6.92 Å². The highest BCUT2D eigenvalue weighted by molar-refractivity contribution is 6.31. The molecule has 0 atom stereocenters. The third-order valence-corrected chi connectivity index (χ3v) is 2.85. The highest BCUT2D eigenvalue weighted by Gasteiger charge is 2.08. The molecule has 1 heterocycles. The Bertz CT molecular complexity index is 688. The predicted molar refractivity (Wildman–Crippen MR) is 69.2 cm³/mol. The number of oxazole rings is 1. The quantitative estimate of drug-likeness (QED) is 0.631. The van der Waals surface area contributed by atoms with Crippen LogP contribution in [-0.2, 0) is 0 Å². The molecule has 3 rings (SSSR count). The van der Waals surface area contributed by atoms with Crippen LogP contribution in [0.25, 0.3) is 22.6 Å². The van der Waals surface area contributed by atoms with Gasteiger partial charge in [-0.25, -0.2) is 4.98 Å². The van der Waals surface area contributed by atoms with E-state index in [4.69, 9.17) is 16.0 Å². The van der Waals surface area contributed by atoms with Crippen molar-refractivity contribution in [3.8, 4) is 11.5 Å². The van der Waals surface area contributed by atoms with Gasteiger partial charge in [-0.3, -0.25) is 0 Å². The van der Waals surface area contributed by atoms with E-state index in [0.717, 1.165) is 11.1 Å². The number of hydrogen-bond acceptors (Lipinski definition) is 2. The Morgan fingerprint density at radius 1 is 1.12 bits per heavy atom. The Morgan fingerprint density at radius 2 is 2.00 bits per heavy atom. The van der Waals surface area contributed by atoms with Gasteiger partial charge in [-0.2, -0.15) is 0 Å². The van der Waals surface area contributed by atoms with Crippen molar-refractivity contribution in [1.29, 1.82) is 0 Å². The van der Waals surface area contributed by atoms with Crippen LogP contribution in [0.2, 0.25) is 5.02 Å². The van der Waals surface area contributed by atoms with Gasteiger partial charge >= 0.3 is 0 Å². The summed E-state index contributed by atoms with van der Waals surface area (Å²) in [4.78, 5) is 4.44. The second kappa shape index (κ2) is 3.90. The van der Waals surface area contributed by atoms with E-state index in [1.165, 1.54) is 5.56 Å². The lowest BCUT2D eigenvalue weighted by Crippen LogP contribution is -1.78. The molecule has 0 aliphatic heterocycles. The lowest BCUT2D eigenvalue weighted by atomic mass is 10.1. The minimum Gasteiger partial charge on any atom is -0.436 e. The second-order valence-electron chi connectivity index (χ2n) is 4.00. The SMILES string of the molecule is Cc1cccc(-c2nc3ccc(Cl)cc3o2)c1. The molecule has 0 spiro atoms. The van der Waals surface area contributed by atoms with Crippen LogP contribution >= 0.6 is 11.6 Å². The van der Waals surface area contributed by atoms with Gasteiger partial charge in [-0.1, -0.05) is 29.3 Å². The molecule has 0 aliphatic carbocycles. The average Bonchev–Trinajstić information content (AvgIpc) is 2.72. The molecule has 0 amide bonds. The highest BCUT2D eigenvalue weighted by Crippen LogP contribution is 2.26. The van der Waals surface area contributed by atoms with Crippen LogP contribution in [0.3, 0.4) is 0 Å². The van der Waals surface area contributed by atoms with E-state index < -0.39 is 0 Å². The van der Waals surface area contributed by atoms with E-state index in [-0.39, 0.29) is 0 Å². The number of benzene rings is 2. The monoisotopic (exact) mass is 243 g/mol. The van der Waals surface area contributed by atoms with Gasteiger partial charge in [-0.15, -0.1) is 0 Å². The van der Waals surface area contributed by atoms with Crippen molar-refractivity contribution in [2.24, 2.45) is 0 Å². The van der Waals surface area contributed by atoms with Crippen molar-refractivity contribution in [3.05, 3.63) is 53.1 Å². The summed E-state index contributed by atoms with van der Waals surface area (Å²) in [5.74, 6) is 0.631. The Balaban J connectivity index is 2.18. The molecule has 2 aromatic carbocycles. The predicted octanol–water partition coefficient (Wildman–Crippen LogP) is 4.46.